The smallest absolute Gasteiger partial charge is 0.106 e. The van der Waals surface area contributed by atoms with Gasteiger partial charge in [0, 0.05) is 12.1 Å². The third-order valence-electron chi connectivity index (χ3n) is 2.32. The molecule has 2 heteroatoms. The zero-order chi connectivity index (χ0) is 8.55. The van der Waals surface area contributed by atoms with Crippen LogP contribution in [0.1, 0.15) is 16.7 Å². The van der Waals surface area contributed by atoms with Crippen molar-refractivity contribution >= 4 is 17.2 Å². The van der Waals surface area contributed by atoms with E-state index in [9.17, 15) is 0 Å². The molecule has 1 aromatic rings. The maximum Gasteiger partial charge on any atom is 0.106 e. The Morgan fingerprint density at radius 1 is 1.42 bits per heavy atom. The summed E-state index contributed by atoms with van der Waals surface area (Å²) in [6.45, 7) is 3.13. The number of rotatable bonds is 0. The van der Waals surface area contributed by atoms with Gasteiger partial charge in [0.15, 0.2) is 0 Å². The minimum atomic E-state index is 0.903. The van der Waals surface area contributed by atoms with E-state index in [1.54, 1.807) is 0 Å². The zero-order valence-corrected chi connectivity index (χ0v) is 7.87. The molecule has 0 unspecified atom stereocenters. The summed E-state index contributed by atoms with van der Waals surface area (Å²) in [6.07, 6.45) is 1.10. The average Bonchev–Trinajstić information content (AvgIpc) is 2.07. The zero-order valence-electron chi connectivity index (χ0n) is 7.05. The van der Waals surface area contributed by atoms with E-state index in [2.05, 4.69) is 30.4 Å². The predicted molar refractivity (Wildman–Crippen MR) is 54.6 cm³/mol. The highest BCUT2D eigenvalue weighted by Gasteiger charge is 2.13. The third-order valence-corrected chi connectivity index (χ3v) is 2.68. The molecule has 62 valence electrons. The van der Waals surface area contributed by atoms with Crippen LogP contribution in [0.3, 0.4) is 0 Å². The van der Waals surface area contributed by atoms with Gasteiger partial charge < -0.3 is 5.32 Å². The van der Waals surface area contributed by atoms with E-state index in [0.717, 1.165) is 18.0 Å². The van der Waals surface area contributed by atoms with Crippen molar-refractivity contribution in [3.63, 3.8) is 0 Å². The Labute approximate surface area is 77.8 Å². The van der Waals surface area contributed by atoms with E-state index in [4.69, 9.17) is 12.2 Å². The molecule has 1 N–H and O–H groups in total. The average molecular weight is 177 g/mol. The molecule has 0 aliphatic carbocycles. The number of benzene rings is 1. The fraction of sp³-hybridized carbons (Fsp3) is 0.300. The highest BCUT2D eigenvalue weighted by Crippen LogP contribution is 2.17. The minimum Gasteiger partial charge on any atom is -0.375 e. The fourth-order valence-electron chi connectivity index (χ4n) is 1.64. The molecule has 1 heterocycles. The molecule has 2 rings (SSSR count). The molecular formula is C10H11NS. The molecule has 1 aliphatic heterocycles. The lowest BCUT2D eigenvalue weighted by Crippen LogP contribution is -2.31. The van der Waals surface area contributed by atoms with E-state index in [1.807, 2.05) is 0 Å². The molecule has 0 saturated heterocycles. The first kappa shape index (κ1) is 7.74. The van der Waals surface area contributed by atoms with E-state index >= 15 is 0 Å². The van der Waals surface area contributed by atoms with Crippen molar-refractivity contribution in [1.29, 1.82) is 0 Å². The van der Waals surface area contributed by atoms with Crippen LogP contribution in [0.4, 0.5) is 0 Å². The summed E-state index contributed by atoms with van der Waals surface area (Å²) in [4.78, 5) is 0.903. The number of hydrogen-bond acceptors (Lipinski definition) is 1. The number of aryl methyl sites for hydroxylation is 1. The van der Waals surface area contributed by atoms with Gasteiger partial charge in [-0.05, 0) is 24.5 Å². The standard InChI is InChI=1S/C10H11NS/c1-7-3-2-4-9-8(7)5-6-11-10(9)12/h2-4H,5-6H2,1H3,(H,11,12). The Morgan fingerprint density at radius 2 is 2.25 bits per heavy atom. The quantitative estimate of drug-likeness (QED) is 0.607. The van der Waals surface area contributed by atoms with Gasteiger partial charge >= 0.3 is 0 Å². The molecule has 0 saturated carbocycles. The molecule has 0 amide bonds. The van der Waals surface area contributed by atoms with Gasteiger partial charge in [-0.3, -0.25) is 0 Å². The SMILES string of the molecule is Cc1cccc2c1CCNC2=S. The number of nitrogens with one attached hydrogen (secondary N) is 1. The summed E-state index contributed by atoms with van der Waals surface area (Å²) in [6, 6.07) is 6.30. The van der Waals surface area contributed by atoms with Crippen molar-refractivity contribution < 1.29 is 0 Å². The van der Waals surface area contributed by atoms with E-state index in [-0.39, 0.29) is 0 Å². The van der Waals surface area contributed by atoms with Crippen molar-refractivity contribution in [3.8, 4) is 0 Å². The third kappa shape index (κ3) is 1.12. The molecule has 1 aromatic carbocycles. The van der Waals surface area contributed by atoms with Crippen LogP contribution in [0, 0.1) is 6.92 Å². The minimum absolute atomic E-state index is 0.903. The summed E-state index contributed by atoms with van der Waals surface area (Å²) >= 11 is 5.21. The summed E-state index contributed by atoms with van der Waals surface area (Å²) in [7, 11) is 0. The summed E-state index contributed by atoms with van der Waals surface area (Å²) in [5.41, 5.74) is 3.99. The number of hydrogen-bond donors (Lipinski definition) is 1. The van der Waals surface area contributed by atoms with Crippen molar-refractivity contribution in [2.24, 2.45) is 0 Å². The predicted octanol–water partition coefficient (Wildman–Crippen LogP) is 1.82. The molecular weight excluding hydrogens is 166 g/mol. The molecule has 1 nitrogen and oxygen atoms in total. The van der Waals surface area contributed by atoms with Gasteiger partial charge in [-0.2, -0.15) is 0 Å². The maximum absolute atomic E-state index is 5.21. The van der Waals surface area contributed by atoms with Crippen LogP contribution in [0.2, 0.25) is 0 Å². The molecule has 12 heavy (non-hydrogen) atoms. The summed E-state index contributed by atoms with van der Waals surface area (Å²) in [5, 5.41) is 3.20. The Morgan fingerprint density at radius 3 is 3.00 bits per heavy atom. The van der Waals surface area contributed by atoms with Gasteiger partial charge in [0.2, 0.25) is 0 Å². The van der Waals surface area contributed by atoms with Crippen LogP contribution in [-0.2, 0) is 6.42 Å². The normalized spacial score (nSPS) is 15.2. The lowest BCUT2D eigenvalue weighted by molar-refractivity contribution is 0.842. The van der Waals surface area contributed by atoms with Crippen molar-refractivity contribution in [2.75, 3.05) is 6.54 Å². The fourth-order valence-corrected chi connectivity index (χ4v) is 1.94. The summed E-state index contributed by atoms with van der Waals surface area (Å²) in [5.74, 6) is 0. The van der Waals surface area contributed by atoms with Crippen molar-refractivity contribution in [1.82, 2.24) is 5.32 Å². The second-order valence-corrected chi connectivity index (χ2v) is 3.52. The lowest BCUT2D eigenvalue weighted by atomic mass is 9.96. The van der Waals surface area contributed by atoms with Crippen molar-refractivity contribution in [3.05, 3.63) is 34.9 Å². The highest BCUT2D eigenvalue weighted by molar-refractivity contribution is 7.80. The van der Waals surface area contributed by atoms with Crippen LogP contribution in [0.5, 0.6) is 0 Å². The van der Waals surface area contributed by atoms with Gasteiger partial charge in [-0.15, -0.1) is 0 Å². The monoisotopic (exact) mass is 177 g/mol. The highest BCUT2D eigenvalue weighted by atomic mass is 32.1. The summed E-state index contributed by atoms with van der Waals surface area (Å²) < 4.78 is 0. The Bertz CT molecular complexity index is 331. The Balaban J connectivity index is 2.59. The largest absolute Gasteiger partial charge is 0.375 e. The second kappa shape index (κ2) is 2.87. The van der Waals surface area contributed by atoms with Crippen LogP contribution in [0.25, 0.3) is 0 Å². The maximum atomic E-state index is 5.21. The molecule has 0 radical (unpaired) electrons. The van der Waals surface area contributed by atoms with E-state index in [1.165, 1.54) is 16.7 Å². The first-order chi connectivity index (χ1) is 5.79. The molecule has 0 aromatic heterocycles. The number of fused-ring (bicyclic) bond motifs is 1. The van der Waals surface area contributed by atoms with Gasteiger partial charge in [0.1, 0.15) is 4.99 Å². The van der Waals surface area contributed by atoms with Crippen LogP contribution >= 0.6 is 12.2 Å². The first-order valence-corrected chi connectivity index (χ1v) is 4.56. The molecule has 0 spiro atoms. The van der Waals surface area contributed by atoms with Crippen LogP contribution in [-0.4, -0.2) is 11.5 Å². The van der Waals surface area contributed by atoms with Gasteiger partial charge in [-0.25, -0.2) is 0 Å². The Hall–Kier alpha value is -0.890. The van der Waals surface area contributed by atoms with Crippen LogP contribution < -0.4 is 5.32 Å². The second-order valence-electron chi connectivity index (χ2n) is 3.11. The van der Waals surface area contributed by atoms with E-state index < -0.39 is 0 Å². The van der Waals surface area contributed by atoms with Gasteiger partial charge in [-0.1, -0.05) is 30.4 Å². The molecule has 0 fully saturated rings. The molecule has 1 aliphatic rings. The van der Waals surface area contributed by atoms with Gasteiger partial charge in [0.25, 0.3) is 0 Å². The topological polar surface area (TPSA) is 12.0 Å². The van der Waals surface area contributed by atoms with Gasteiger partial charge in [0.05, 0.1) is 0 Å². The first-order valence-electron chi connectivity index (χ1n) is 4.16. The van der Waals surface area contributed by atoms with Crippen molar-refractivity contribution in [2.45, 2.75) is 13.3 Å². The molecule has 0 atom stereocenters. The molecule has 0 bridgehead atoms. The van der Waals surface area contributed by atoms with Crippen LogP contribution in [0.15, 0.2) is 18.2 Å². The Kier molecular flexibility index (Phi) is 1.85. The van der Waals surface area contributed by atoms with E-state index in [0.29, 0.717) is 0 Å². The number of thiocarbonyl (C=S) groups is 1. The lowest BCUT2D eigenvalue weighted by Gasteiger charge is -2.20.